The van der Waals surface area contributed by atoms with E-state index >= 15 is 0 Å². The van der Waals surface area contributed by atoms with Gasteiger partial charge in [-0.05, 0) is 17.9 Å². The van der Waals surface area contributed by atoms with Crippen LogP contribution < -0.4 is 0 Å². The molecule has 0 aromatic carbocycles. The van der Waals surface area contributed by atoms with Crippen LogP contribution in [0.4, 0.5) is 0 Å². The summed E-state index contributed by atoms with van der Waals surface area (Å²) in [6.07, 6.45) is 1.72. The monoisotopic (exact) mass is 155 g/mol. The van der Waals surface area contributed by atoms with Crippen molar-refractivity contribution in [1.29, 1.82) is 0 Å². The summed E-state index contributed by atoms with van der Waals surface area (Å²) in [5, 5.41) is 3.42. The molecule has 0 unspecified atom stereocenters. The molecule has 0 bridgehead atoms. The molecule has 62 valence electrons. The third-order valence-electron chi connectivity index (χ3n) is 1.46. The standard InChI is InChI=1S/C7H13N3O/c1-6(4-9-10-8)3-7(2)5-11/h5-7H,3-4H2,1-2H3/t6-,7+/m1/s1. The van der Waals surface area contributed by atoms with Gasteiger partial charge in [0.25, 0.3) is 0 Å². The van der Waals surface area contributed by atoms with Crippen LogP contribution in [0.3, 0.4) is 0 Å². The van der Waals surface area contributed by atoms with Crippen LogP contribution in [0.25, 0.3) is 10.4 Å². The zero-order valence-corrected chi connectivity index (χ0v) is 6.90. The van der Waals surface area contributed by atoms with Crippen LogP contribution in [0, 0.1) is 11.8 Å². The Balaban J connectivity index is 3.58. The van der Waals surface area contributed by atoms with E-state index in [9.17, 15) is 4.79 Å². The Morgan fingerprint density at radius 2 is 2.27 bits per heavy atom. The number of hydrogen-bond donors (Lipinski definition) is 0. The van der Waals surface area contributed by atoms with Crippen LogP contribution in [-0.4, -0.2) is 12.8 Å². The molecule has 11 heavy (non-hydrogen) atoms. The van der Waals surface area contributed by atoms with E-state index in [2.05, 4.69) is 10.0 Å². The molecule has 0 aliphatic rings. The van der Waals surface area contributed by atoms with Gasteiger partial charge in [0, 0.05) is 17.4 Å². The van der Waals surface area contributed by atoms with E-state index < -0.39 is 0 Å². The Labute approximate surface area is 66.2 Å². The molecule has 0 radical (unpaired) electrons. The van der Waals surface area contributed by atoms with Gasteiger partial charge in [0.1, 0.15) is 6.29 Å². The summed E-state index contributed by atoms with van der Waals surface area (Å²) in [7, 11) is 0. The average molecular weight is 155 g/mol. The van der Waals surface area contributed by atoms with Gasteiger partial charge in [0.2, 0.25) is 0 Å². The van der Waals surface area contributed by atoms with E-state index in [-0.39, 0.29) is 5.92 Å². The van der Waals surface area contributed by atoms with Gasteiger partial charge in [-0.3, -0.25) is 0 Å². The molecule has 0 saturated carbocycles. The first-order chi connectivity index (χ1) is 5.20. The lowest BCUT2D eigenvalue weighted by molar-refractivity contribution is -0.111. The predicted molar refractivity (Wildman–Crippen MR) is 43.0 cm³/mol. The first kappa shape index (κ1) is 9.98. The second-order valence-corrected chi connectivity index (χ2v) is 2.87. The first-order valence-corrected chi connectivity index (χ1v) is 3.66. The van der Waals surface area contributed by atoms with Crippen molar-refractivity contribution in [2.75, 3.05) is 6.54 Å². The van der Waals surface area contributed by atoms with Crippen molar-refractivity contribution >= 4 is 6.29 Å². The van der Waals surface area contributed by atoms with Gasteiger partial charge in [0.05, 0.1) is 0 Å². The first-order valence-electron chi connectivity index (χ1n) is 3.66. The molecule has 0 N–H and O–H groups in total. The zero-order valence-electron chi connectivity index (χ0n) is 6.90. The molecule has 0 aliphatic heterocycles. The lowest BCUT2D eigenvalue weighted by Crippen LogP contribution is -2.06. The molecule has 4 heteroatoms. The highest BCUT2D eigenvalue weighted by molar-refractivity contribution is 5.52. The van der Waals surface area contributed by atoms with E-state index in [1.54, 1.807) is 0 Å². The fraction of sp³-hybridized carbons (Fsp3) is 0.857. The van der Waals surface area contributed by atoms with E-state index in [4.69, 9.17) is 5.53 Å². The average Bonchev–Trinajstić information content (AvgIpc) is 2.00. The fourth-order valence-corrected chi connectivity index (χ4v) is 0.941. The summed E-state index contributed by atoms with van der Waals surface area (Å²) >= 11 is 0. The number of nitrogens with zero attached hydrogens (tertiary/aromatic N) is 3. The molecule has 2 atom stereocenters. The topological polar surface area (TPSA) is 65.8 Å². The smallest absolute Gasteiger partial charge is 0.122 e. The Bertz CT molecular complexity index is 163. The Morgan fingerprint density at radius 3 is 2.73 bits per heavy atom. The minimum Gasteiger partial charge on any atom is -0.303 e. The largest absolute Gasteiger partial charge is 0.303 e. The highest BCUT2D eigenvalue weighted by Crippen LogP contribution is 2.09. The summed E-state index contributed by atoms with van der Waals surface area (Å²) in [6, 6.07) is 0. The van der Waals surface area contributed by atoms with E-state index in [0.717, 1.165) is 12.7 Å². The Kier molecular flexibility index (Phi) is 5.21. The van der Waals surface area contributed by atoms with Crippen molar-refractivity contribution in [3.05, 3.63) is 10.4 Å². The highest BCUT2D eigenvalue weighted by Gasteiger charge is 2.05. The molecule has 0 rings (SSSR count). The minimum atomic E-state index is 0.0684. The van der Waals surface area contributed by atoms with Crippen molar-refractivity contribution in [2.45, 2.75) is 20.3 Å². The molecule has 0 aromatic heterocycles. The minimum absolute atomic E-state index is 0.0684. The quantitative estimate of drug-likeness (QED) is 0.259. The van der Waals surface area contributed by atoms with Crippen LogP contribution in [-0.2, 0) is 4.79 Å². The summed E-state index contributed by atoms with van der Waals surface area (Å²) in [6.45, 7) is 4.31. The molecule has 0 saturated heterocycles. The van der Waals surface area contributed by atoms with Crippen molar-refractivity contribution in [2.24, 2.45) is 17.0 Å². The van der Waals surface area contributed by atoms with Crippen molar-refractivity contribution in [1.82, 2.24) is 0 Å². The molecular formula is C7H13N3O. The Morgan fingerprint density at radius 1 is 1.64 bits per heavy atom. The third kappa shape index (κ3) is 5.43. The van der Waals surface area contributed by atoms with Gasteiger partial charge in [-0.15, -0.1) is 0 Å². The molecule has 4 nitrogen and oxygen atoms in total. The maximum absolute atomic E-state index is 10.2. The zero-order chi connectivity index (χ0) is 8.69. The second kappa shape index (κ2) is 5.74. The summed E-state index contributed by atoms with van der Waals surface area (Å²) in [4.78, 5) is 12.9. The molecule has 0 fully saturated rings. The number of azide groups is 1. The number of carbonyl (C=O) groups excluding carboxylic acids is 1. The number of rotatable bonds is 5. The van der Waals surface area contributed by atoms with Gasteiger partial charge in [-0.2, -0.15) is 0 Å². The van der Waals surface area contributed by atoms with Crippen LogP contribution in [0.15, 0.2) is 5.11 Å². The molecule has 0 heterocycles. The van der Waals surface area contributed by atoms with Crippen molar-refractivity contribution in [3.8, 4) is 0 Å². The van der Waals surface area contributed by atoms with Crippen LogP contribution in [0.5, 0.6) is 0 Å². The van der Waals surface area contributed by atoms with E-state index in [1.165, 1.54) is 0 Å². The van der Waals surface area contributed by atoms with Gasteiger partial charge in [0.15, 0.2) is 0 Å². The summed E-state index contributed by atoms with van der Waals surface area (Å²) < 4.78 is 0. The van der Waals surface area contributed by atoms with Crippen molar-refractivity contribution < 1.29 is 4.79 Å². The van der Waals surface area contributed by atoms with E-state index in [0.29, 0.717) is 12.5 Å². The van der Waals surface area contributed by atoms with Crippen LogP contribution >= 0.6 is 0 Å². The maximum atomic E-state index is 10.2. The highest BCUT2D eigenvalue weighted by atomic mass is 16.1. The number of hydrogen-bond acceptors (Lipinski definition) is 2. The predicted octanol–water partition coefficient (Wildman–Crippen LogP) is 2.16. The summed E-state index contributed by atoms with van der Waals surface area (Å²) in [5.74, 6) is 0.366. The fourth-order valence-electron chi connectivity index (χ4n) is 0.941. The Hall–Kier alpha value is -1.02. The maximum Gasteiger partial charge on any atom is 0.122 e. The normalized spacial score (nSPS) is 14.7. The van der Waals surface area contributed by atoms with Gasteiger partial charge < -0.3 is 4.79 Å². The summed E-state index contributed by atoms with van der Waals surface area (Å²) in [5.41, 5.74) is 8.00. The van der Waals surface area contributed by atoms with Crippen molar-refractivity contribution in [3.63, 3.8) is 0 Å². The van der Waals surface area contributed by atoms with Gasteiger partial charge >= 0.3 is 0 Å². The molecule has 0 aliphatic carbocycles. The van der Waals surface area contributed by atoms with Crippen LogP contribution in [0.2, 0.25) is 0 Å². The lowest BCUT2D eigenvalue weighted by Gasteiger charge is -2.08. The molecule has 0 amide bonds. The molecular weight excluding hydrogens is 142 g/mol. The second-order valence-electron chi connectivity index (χ2n) is 2.87. The molecule has 0 aromatic rings. The molecule has 0 spiro atoms. The SMILES string of the molecule is C[C@@H](CN=[N+]=[N-])C[C@H](C)C=O. The number of aldehydes is 1. The van der Waals surface area contributed by atoms with Gasteiger partial charge in [-0.25, -0.2) is 0 Å². The lowest BCUT2D eigenvalue weighted by atomic mass is 9.99. The third-order valence-corrected chi connectivity index (χ3v) is 1.46. The number of carbonyl (C=O) groups is 1. The van der Waals surface area contributed by atoms with E-state index in [1.807, 2.05) is 13.8 Å². The van der Waals surface area contributed by atoms with Crippen LogP contribution in [0.1, 0.15) is 20.3 Å². The van der Waals surface area contributed by atoms with Gasteiger partial charge in [-0.1, -0.05) is 19.0 Å².